The van der Waals surface area contributed by atoms with E-state index in [2.05, 4.69) is 5.32 Å². The van der Waals surface area contributed by atoms with Crippen LogP contribution in [-0.4, -0.2) is 37.8 Å². The number of hydrogen-bond acceptors (Lipinski definition) is 3. The zero-order chi connectivity index (χ0) is 15.0. The lowest BCUT2D eigenvalue weighted by Gasteiger charge is -2.16. The summed E-state index contributed by atoms with van der Waals surface area (Å²) < 4.78 is 26.5. The molecule has 0 unspecified atom stereocenters. The first-order valence-corrected chi connectivity index (χ1v) is 8.91. The molecule has 0 atom stereocenters. The highest BCUT2D eigenvalue weighted by molar-refractivity contribution is 7.89. The van der Waals surface area contributed by atoms with Crippen LogP contribution in [0.25, 0.3) is 0 Å². The first-order valence-electron chi connectivity index (χ1n) is 7.09. The van der Waals surface area contributed by atoms with E-state index in [0.717, 1.165) is 25.7 Å². The van der Waals surface area contributed by atoms with Gasteiger partial charge in [-0.1, -0.05) is 11.6 Å². The van der Waals surface area contributed by atoms with Crippen LogP contribution < -0.4 is 5.32 Å². The zero-order valence-electron chi connectivity index (χ0n) is 11.5. The number of amides is 1. The molecule has 1 aromatic carbocycles. The van der Waals surface area contributed by atoms with Crippen LogP contribution in [0.3, 0.4) is 0 Å². The van der Waals surface area contributed by atoms with E-state index in [9.17, 15) is 13.2 Å². The number of halogens is 1. The number of sulfonamides is 1. The molecule has 1 aliphatic heterocycles. The molecule has 0 bridgehead atoms. The number of nitrogens with one attached hydrogen (secondary N) is 1. The Morgan fingerprint density at radius 3 is 2.52 bits per heavy atom. The van der Waals surface area contributed by atoms with Gasteiger partial charge < -0.3 is 5.32 Å². The number of carbonyl (C=O) groups is 1. The summed E-state index contributed by atoms with van der Waals surface area (Å²) in [5.41, 5.74) is 0.226. The van der Waals surface area contributed by atoms with Gasteiger partial charge >= 0.3 is 0 Å². The minimum absolute atomic E-state index is 0.134. The van der Waals surface area contributed by atoms with Crippen LogP contribution in [0.15, 0.2) is 23.1 Å². The first-order chi connectivity index (χ1) is 9.98. The molecule has 2 fully saturated rings. The summed E-state index contributed by atoms with van der Waals surface area (Å²) in [5, 5.41) is 3.10. The summed E-state index contributed by atoms with van der Waals surface area (Å²) >= 11 is 6.04. The van der Waals surface area contributed by atoms with Crippen molar-refractivity contribution in [2.24, 2.45) is 0 Å². The Labute approximate surface area is 129 Å². The van der Waals surface area contributed by atoms with Crippen LogP contribution in [0, 0.1) is 0 Å². The largest absolute Gasteiger partial charge is 0.349 e. The Morgan fingerprint density at radius 1 is 1.24 bits per heavy atom. The van der Waals surface area contributed by atoms with Gasteiger partial charge in [0.05, 0.1) is 15.5 Å². The summed E-state index contributed by atoms with van der Waals surface area (Å²) in [5.74, 6) is -0.305. The van der Waals surface area contributed by atoms with E-state index in [0.29, 0.717) is 13.1 Å². The molecule has 0 spiro atoms. The Morgan fingerprint density at radius 2 is 1.90 bits per heavy atom. The second-order valence-electron chi connectivity index (χ2n) is 5.50. The summed E-state index contributed by atoms with van der Waals surface area (Å²) in [6.07, 6.45) is 3.69. The van der Waals surface area contributed by atoms with Crippen LogP contribution in [0.5, 0.6) is 0 Å². The molecule has 0 aromatic heterocycles. The summed E-state index contributed by atoms with van der Waals surface area (Å²) in [6, 6.07) is 4.52. The fourth-order valence-corrected chi connectivity index (χ4v) is 4.15. The van der Waals surface area contributed by atoms with Gasteiger partial charge in [0, 0.05) is 19.1 Å². The number of benzene rings is 1. The van der Waals surface area contributed by atoms with E-state index in [1.165, 1.54) is 22.5 Å². The van der Waals surface area contributed by atoms with E-state index in [4.69, 9.17) is 11.6 Å². The lowest BCUT2D eigenvalue weighted by Crippen LogP contribution is -2.29. The molecule has 1 aliphatic carbocycles. The second-order valence-corrected chi connectivity index (χ2v) is 7.85. The van der Waals surface area contributed by atoms with Crippen LogP contribution in [0.1, 0.15) is 36.0 Å². The molecule has 7 heteroatoms. The Hall–Kier alpha value is -1.11. The average Bonchev–Trinajstić information content (AvgIpc) is 3.07. The van der Waals surface area contributed by atoms with Crippen LogP contribution in [-0.2, 0) is 10.0 Å². The third kappa shape index (κ3) is 3.07. The molecule has 3 rings (SSSR count). The normalized spacial score (nSPS) is 19.7. The fraction of sp³-hybridized carbons (Fsp3) is 0.500. The number of nitrogens with zero attached hydrogens (tertiary/aromatic N) is 1. The van der Waals surface area contributed by atoms with Crippen LogP contribution >= 0.6 is 11.6 Å². The molecule has 0 radical (unpaired) electrons. The number of rotatable bonds is 4. The summed E-state index contributed by atoms with van der Waals surface area (Å²) in [4.78, 5) is 12.2. The lowest BCUT2D eigenvalue weighted by molar-refractivity contribution is 0.0951. The van der Waals surface area contributed by atoms with Crippen molar-refractivity contribution in [3.63, 3.8) is 0 Å². The molecule has 2 aliphatic rings. The Bertz CT molecular complexity index is 665. The van der Waals surface area contributed by atoms with Crippen LogP contribution in [0.2, 0.25) is 5.02 Å². The Balaban J connectivity index is 1.90. The standard InChI is InChI=1S/C14H17ClN2O3S/c15-13-6-5-11(21(19,20)17-7-1-2-8-17)9-12(13)14(18)16-10-3-4-10/h5-6,9-10H,1-4,7-8H2,(H,16,18). The van der Waals surface area contributed by atoms with Crippen molar-refractivity contribution in [1.82, 2.24) is 9.62 Å². The van der Waals surface area contributed by atoms with Crippen LogP contribution in [0.4, 0.5) is 0 Å². The van der Waals surface area contributed by atoms with Gasteiger partial charge in [-0.2, -0.15) is 4.31 Å². The maximum atomic E-state index is 12.5. The minimum atomic E-state index is -3.53. The monoisotopic (exact) mass is 328 g/mol. The fourth-order valence-electron chi connectivity index (χ4n) is 2.41. The molecule has 1 saturated heterocycles. The maximum absolute atomic E-state index is 12.5. The molecule has 1 saturated carbocycles. The Kier molecular flexibility index (Phi) is 3.94. The van der Waals surface area contributed by atoms with Gasteiger partial charge in [0.2, 0.25) is 10.0 Å². The highest BCUT2D eigenvalue weighted by atomic mass is 35.5. The molecular weight excluding hydrogens is 312 g/mol. The van der Waals surface area contributed by atoms with E-state index < -0.39 is 10.0 Å². The smallest absolute Gasteiger partial charge is 0.253 e. The van der Waals surface area contributed by atoms with Crippen molar-refractivity contribution in [2.75, 3.05) is 13.1 Å². The van der Waals surface area contributed by atoms with E-state index in [-0.39, 0.29) is 27.4 Å². The minimum Gasteiger partial charge on any atom is -0.349 e. The maximum Gasteiger partial charge on any atom is 0.253 e. The molecule has 1 amide bonds. The molecular formula is C14H17ClN2O3S. The molecule has 1 heterocycles. The van der Waals surface area contributed by atoms with Crippen molar-refractivity contribution < 1.29 is 13.2 Å². The molecule has 21 heavy (non-hydrogen) atoms. The molecule has 114 valence electrons. The van der Waals surface area contributed by atoms with Crippen molar-refractivity contribution in [3.05, 3.63) is 28.8 Å². The summed E-state index contributed by atoms with van der Waals surface area (Å²) in [6.45, 7) is 1.07. The second kappa shape index (κ2) is 5.59. The zero-order valence-corrected chi connectivity index (χ0v) is 13.1. The predicted octanol–water partition coefficient (Wildman–Crippen LogP) is 2.02. The van der Waals surface area contributed by atoms with Gasteiger partial charge in [0.1, 0.15) is 0 Å². The third-order valence-electron chi connectivity index (χ3n) is 3.80. The molecule has 1 aromatic rings. The number of hydrogen-bond donors (Lipinski definition) is 1. The van der Waals surface area contributed by atoms with Gasteiger partial charge in [-0.05, 0) is 43.9 Å². The SMILES string of the molecule is O=C(NC1CC1)c1cc(S(=O)(=O)N2CCCC2)ccc1Cl. The highest BCUT2D eigenvalue weighted by Crippen LogP contribution is 2.26. The quantitative estimate of drug-likeness (QED) is 0.919. The van der Waals surface area contributed by atoms with Gasteiger partial charge in [-0.3, -0.25) is 4.79 Å². The van der Waals surface area contributed by atoms with Gasteiger partial charge in [0.25, 0.3) is 5.91 Å². The van der Waals surface area contributed by atoms with Crippen molar-refractivity contribution in [1.29, 1.82) is 0 Å². The molecule has 5 nitrogen and oxygen atoms in total. The van der Waals surface area contributed by atoms with Crippen molar-refractivity contribution >= 4 is 27.5 Å². The van der Waals surface area contributed by atoms with Crippen molar-refractivity contribution in [2.45, 2.75) is 36.6 Å². The average molecular weight is 329 g/mol. The third-order valence-corrected chi connectivity index (χ3v) is 6.02. The predicted molar refractivity (Wildman–Crippen MR) is 79.9 cm³/mol. The van der Waals surface area contributed by atoms with Gasteiger partial charge in [0.15, 0.2) is 0 Å². The lowest BCUT2D eigenvalue weighted by atomic mass is 10.2. The van der Waals surface area contributed by atoms with E-state index in [1.54, 1.807) is 0 Å². The van der Waals surface area contributed by atoms with Gasteiger partial charge in [-0.25, -0.2) is 8.42 Å². The van der Waals surface area contributed by atoms with E-state index >= 15 is 0 Å². The topological polar surface area (TPSA) is 66.5 Å². The molecule has 1 N–H and O–H groups in total. The first kappa shape index (κ1) is 14.8. The van der Waals surface area contributed by atoms with Crippen molar-refractivity contribution in [3.8, 4) is 0 Å². The van der Waals surface area contributed by atoms with Gasteiger partial charge in [-0.15, -0.1) is 0 Å². The highest BCUT2D eigenvalue weighted by Gasteiger charge is 2.29. The number of carbonyl (C=O) groups excluding carboxylic acids is 1. The summed E-state index contributed by atoms with van der Waals surface area (Å²) in [7, 11) is -3.53. The van der Waals surface area contributed by atoms with E-state index in [1.807, 2.05) is 0 Å².